The van der Waals surface area contributed by atoms with E-state index < -0.39 is 4.92 Å². The smallest absolute Gasteiger partial charge is 0.270 e. The average molecular weight is 378 g/mol. The number of non-ortho nitro benzene ring substituents is 1. The number of amides is 1. The van der Waals surface area contributed by atoms with Gasteiger partial charge in [0.25, 0.3) is 11.6 Å². The predicted molar refractivity (Wildman–Crippen MR) is 105 cm³/mol. The number of carbonyl (C=O) groups excluding carboxylic acids is 1. The van der Waals surface area contributed by atoms with Gasteiger partial charge in [-0.1, -0.05) is 0 Å². The normalized spacial score (nSPS) is 21.0. The van der Waals surface area contributed by atoms with Crippen LogP contribution in [0.2, 0.25) is 0 Å². The number of nitro benzene ring substituents is 1. The van der Waals surface area contributed by atoms with Gasteiger partial charge in [0, 0.05) is 57.1 Å². The van der Waals surface area contributed by atoms with Gasteiger partial charge >= 0.3 is 0 Å². The molecule has 0 aromatic heterocycles. The second-order valence-electron chi connectivity index (χ2n) is 8.01. The molecule has 8 heteroatoms. The molecule has 1 N–H and O–H groups in total. The van der Waals surface area contributed by atoms with Crippen LogP contribution in [0.4, 0.5) is 11.4 Å². The Morgan fingerprint density at radius 1 is 1.33 bits per heavy atom. The lowest BCUT2D eigenvalue weighted by molar-refractivity contribution is -0.384. The number of morpholine rings is 1. The van der Waals surface area contributed by atoms with Crippen LogP contribution < -0.4 is 10.2 Å². The number of hydrogen-bond donors (Lipinski definition) is 1. The summed E-state index contributed by atoms with van der Waals surface area (Å²) >= 11 is 0. The minimum Gasteiger partial charge on any atom is -0.377 e. The maximum absolute atomic E-state index is 12.8. The van der Waals surface area contributed by atoms with Gasteiger partial charge in [-0.25, -0.2) is 0 Å². The molecule has 0 bridgehead atoms. The fourth-order valence-electron chi connectivity index (χ4n) is 3.39. The molecular weight excluding hydrogens is 348 g/mol. The van der Waals surface area contributed by atoms with E-state index in [0.29, 0.717) is 17.8 Å². The maximum Gasteiger partial charge on any atom is 0.270 e. The van der Waals surface area contributed by atoms with Crippen LogP contribution in [-0.4, -0.2) is 67.2 Å². The maximum atomic E-state index is 12.8. The lowest BCUT2D eigenvalue weighted by atomic mass is 9.99. The zero-order chi connectivity index (χ0) is 20.4. The zero-order valence-electron chi connectivity index (χ0n) is 17.0. The molecule has 1 heterocycles. The molecular formula is C19H30N4O4. The number of rotatable bonds is 6. The Hall–Kier alpha value is -2.19. The first-order chi connectivity index (χ1) is 12.5. The molecule has 1 aromatic carbocycles. The SMILES string of the molecule is CC1CN(C(C)(C)CNC(=O)c2cc([N+](=O)[O-])ccc2N(C)C)CC(C)O1. The van der Waals surface area contributed by atoms with E-state index >= 15 is 0 Å². The molecule has 1 aromatic rings. The first-order valence-electron chi connectivity index (χ1n) is 9.15. The van der Waals surface area contributed by atoms with E-state index in [1.807, 2.05) is 13.8 Å². The van der Waals surface area contributed by atoms with Crippen molar-refractivity contribution in [2.24, 2.45) is 0 Å². The summed E-state index contributed by atoms with van der Waals surface area (Å²) in [6, 6.07) is 4.34. The van der Waals surface area contributed by atoms with Crippen LogP contribution in [0.3, 0.4) is 0 Å². The number of nitro groups is 1. The molecule has 27 heavy (non-hydrogen) atoms. The fourth-order valence-corrected chi connectivity index (χ4v) is 3.39. The monoisotopic (exact) mass is 378 g/mol. The van der Waals surface area contributed by atoms with Crippen molar-refractivity contribution < 1.29 is 14.5 Å². The zero-order valence-corrected chi connectivity index (χ0v) is 17.0. The molecule has 2 atom stereocenters. The lowest BCUT2D eigenvalue weighted by Crippen LogP contribution is -2.58. The van der Waals surface area contributed by atoms with Crippen molar-refractivity contribution >= 4 is 17.3 Å². The molecule has 0 radical (unpaired) electrons. The highest BCUT2D eigenvalue weighted by Gasteiger charge is 2.33. The summed E-state index contributed by atoms with van der Waals surface area (Å²) in [6.45, 7) is 10.3. The van der Waals surface area contributed by atoms with Crippen LogP contribution in [0, 0.1) is 10.1 Å². The van der Waals surface area contributed by atoms with Gasteiger partial charge < -0.3 is 15.0 Å². The third kappa shape index (κ3) is 5.17. The summed E-state index contributed by atoms with van der Waals surface area (Å²) in [5.74, 6) is -0.315. The van der Waals surface area contributed by atoms with Gasteiger partial charge in [-0.15, -0.1) is 0 Å². The Labute approximate surface area is 160 Å². The van der Waals surface area contributed by atoms with Crippen molar-refractivity contribution in [1.82, 2.24) is 10.2 Å². The Balaban J connectivity index is 2.14. The van der Waals surface area contributed by atoms with Crippen molar-refractivity contribution in [3.63, 3.8) is 0 Å². The van der Waals surface area contributed by atoms with E-state index in [9.17, 15) is 14.9 Å². The second-order valence-corrected chi connectivity index (χ2v) is 8.01. The molecule has 2 rings (SSSR count). The Morgan fingerprint density at radius 2 is 1.93 bits per heavy atom. The Kier molecular flexibility index (Phi) is 6.43. The summed E-state index contributed by atoms with van der Waals surface area (Å²) < 4.78 is 5.79. The van der Waals surface area contributed by atoms with Gasteiger partial charge in [0.1, 0.15) is 0 Å². The van der Waals surface area contributed by atoms with Crippen molar-refractivity contribution in [2.75, 3.05) is 38.6 Å². The molecule has 1 fully saturated rings. The summed E-state index contributed by atoms with van der Waals surface area (Å²) in [5.41, 5.74) is 0.583. The van der Waals surface area contributed by atoms with Gasteiger partial charge in [0.2, 0.25) is 0 Å². The van der Waals surface area contributed by atoms with E-state index in [1.54, 1.807) is 25.1 Å². The van der Waals surface area contributed by atoms with Crippen LogP contribution in [-0.2, 0) is 4.74 Å². The molecule has 150 valence electrons. The third-order valence-electron chi connectivity index (χ3n) is 4.87. The molecule has 0 saturated carbocycles. The first kappa shape index (κ1) is 21.1. The standard InChI is InChI=1S/C19H30N4O4/c1-13-10-22(11-14(2)27-13)19(3,4)12-20-18(24)16-9-15(23(25)26)7-8-17(16)21(5)6/h7-9,13-14H,10-12H2,1-6H3,(H,20,24). The number of benzene rings is 1. The van der Waals surface area contributed by atoms with Gasteiger partial charge in [0.05, 0.1) is 22.7 Å². The fraction of sp³-hybridized carbons (Fsp3) is 0.632. The van der Waals surface area contributed by atoms with E-state index in [-0.39, 0.29) is 29.3 Å². The average Bonchev–Trinajstić information content (AvgIpc) is 2.58. The highest BCUT2D eigenvalue weighted by molar-refractivity contribution is 6.00. The second kappa shape index (κ2) is 8.22. The molecule has 1 aliphatic rings. The van der Waals surface area contributed by atoms with Crippen LogP contribution in [0.25, 0.3) is 0 Å². The molecule has 0 aliphatic carbocycles. The minimum absolute atomic E-state index is 0.0964. The summed E-state index contributed by atoms with van der Waals surface area (Å²) in [6.07, 6.45) is 0.279. The number of ether oxygens (including phenoxy) is 1. The van der Waals surface area contributed by atoms with Crippen LogP contribution in [0.15, 0.2) is 18.2 Å². The third-order valence-corrected chi connectivity index (χ3v) is 4.87. The number of hydrogen-bond acceptors (Lipinski definition) is 6. The molecule has 1 aliphatic heterocycles. The van der Waals surface area contributed by atoms with Crippen molar-refractivity contribution in [3.05, 3.63) is 33.9 Å². The predicted octanol–water partition coefficient (Wildman–Crippen LogP) is 2.28. The molecule has 0 spiro atoms. The van der Waals surface area contributed by atoms with E-state index in [4.69, 9.17) is 4.74 Å². The Bertz CT molecular complexity index is 695. The number of anilines is 1. The molecule has 2 unspecified atom stereocenters. The number of carbonyl (C=O) groups is 1. The van der Waals surface area contributed by atoms with Crippen LogP contribution in [0.1, 0.15) is 38.1 Å². The Morgan fingerprint density at radius 3 is 2.44 bits per heavy atom. The summed E-state index contributed by atoms with van der Waals surface area (Å²) in [5, 5.41) is 14.0. The van der Waals surface area contributed by atoms with Crippen molar-refractivity contribution in [1.29, 1.82) is 0 Å². The largest absolute Gasteiger partial charge is 0.377 e. The molecule has 1 saturated heterocycles. The van der Waals surface area contributed by atoms with Gasteiger partial charge in [-0.2, -0.15) is 0 Å². The molecule has 8 nitrogen and oxygen atoms in total. The minimum atomic E-state index is -0.489. The molecule has 1 amide bonds. The highest BCUT2D eigenvalue weighted by Crippen LogP contribution is 2.25. The van der Waals surface area contributed by atoms with Crippen molar-refractivity contribution in [3.8, 4) is 0 Å². The van der Waals surface area contributed by atoms with Crippen LogP contribution in [0.5, 0.6) is 0 Å². The first-order valence-corrected chi connectivity index (χ1v) is 9.15. The van der Waals surface area contributed by atoms with E-state index in [2.05, 4.69) is 24.1 Å². The number of nitrogens with one attached hydrogen (secondary N) is 1. The van der Waals surface area contributed by atoms with Crippen LogP contribution >= 0.6 is 0 Å². The number of nitrogens with zero attached hydrogens (tertiary/aromatic N) is 3. The van der Waals surface area contributed by atoms with Gasteiger partial charge in [-0.05, 0) is 33.8 Å². The lowest BCUT2D eigenvalue weighted by Gasteiger charge is -2.45. The van der Waals surface area contributed by atoms with Gasteiger partial charge in [-0.3, -0.25) is 19.8 Å². The summed E-state index contributed by atoms with van der Waals surface area (Å²) in [4.78, 5) is 27.5. The topological polar surface area (TPSA) is 88.0 Å². The van der Waals surface area contributed by atoms with E-state index in [0.717, 1.165) is 13.1 Å². The van der Waals surface area contributed by atoms with E-state index in [1.165, 1.54) is 12.1 Å². The summed E-state index contributed by atoms with van der Waals surface area (Å²) in [7, 11) is 3.61. The van der Waals surface area contributed by atoms with Crippen molar-refractivity contribution in [2.45, 2.75) is 45.4 Å². The van der Waals surface area contributed by atoms with Gasteiger partial charge in [0.15, 0.2) is 0 Å². The highest BCUT2D eigenvalue weighted by atomic mass is 16.6. The quantitative estimate of drug-likeness (QED) is 0.604.